The molecule has 0 bridgehead atoms. The van der Waals surface area contributed by atoms with Crippen LogP contribution in [-0.2, 0) is 4.74 Å². The molecule has 0 fully saturated rings. The largest absolute Gasteiger partial charge is 0.450 e. The summed E-state index contributed by atoms with van der Waals surface area (Å²) in [6.45, 7) is 1.88. The van der Waals surface area contributed by atoms with E-state index in [1.165, 1.54) is 0 Å². The molecule has 2 amide bonds. The van der Waals surface area contributed by atoms with Gasteiger partial charge in [-0.05, 0) is 6.92 Å². The molecule has 0 aromatic heterocycles. The maximum absolute atomic E-state index is 10.3. The fourth-order valence-electron chi connectivity index (χ4n) is 0.254. The number of amides is 2. The summed E-state index contributed by atoms with van der Waals surface area (Å²) in [6, 6.07) is 0. The highest BCUT2D eigenvalue weighted by atomic mass is 32.1. The van der Waals surface area contributed by atoms with Crippen LogP contribution in [0.3, 0.4) is 0 Å². The molecule has 0 aliphatic heterocycles. The van der Waals surface area contributed by atoms with Crippen molar-refractivity contribution in [3.63, 3.8) is 0 Å². The highest BCUT2D eigenvalue weighted by Crippen LogP contribution is 1.79. The van der Waals surface area contributed by atoms with Crippen molar-refractivity contribution in [3.8, 4) is 0 Å². The number of thiol groups is 1. The Morgan fingerprint density at radius 3 is 2.56 bits per heavy atom. The van der Waals surface area contributed by atoms with Crippen molar-refractivity contribution >= 4 is 24.0 Å². The van der Waals surface area contributed by atoms with Crippen LogP contribution < -0.4 is 5.32 Å². The van der Waals surface area contributed by atoms with E-state index < -0.39 is 11.3 Å². The van der Waals surface area contributed by atoms with Crippen LogP contribution in [-0.4, -0.2) is 17.9 Å². The number of nitrogens with one attached hydrogen (secondary N) is 1. The number of rotatable bonds is 1. The summed E-state index contributed by atoms with van der Waals surface area (Å²) >= 11 is 3.28. The first-order chi connectivity index (χ1) is 4.16. The predicted molar refractivity (Wildman–Crippen MR) is 34.5 cm³/mol. The normalized spacial score (nSPS) is 8.22. The third-order valence-electron chi connectivity index (χ3n) is 0.484. The smallest absolute Gasteiger partial charge is 0.414 e. The molecule has 0 aliphatic rings. The topological polar surface area (TPSA) is 55.4 Å². The Kier molecular flexibility index (Phi) is 3.87. The first-order valence-corrected chi connectivity index (χ1v) is 2.78. The van der Waals surface area contributed by atoms with Gasteiger partial charge in [0.15, 0.2) is 0 Å². The number of alkyl carbamates (subject to hydrolysis) is 1. The van der Waals surface area contributed by atoms with Gasteiger partial charge in [0.05, 0.1) is 6.61 Å². The van der Waals surface area contributed by atoms with E-state index >= 15 is 0 Å². The Morgan fingerprint density at radius 2 is 2.22 bits per heavy atom. The molecule has 4 nitrogen and oxygen atoms in total. The minimum absolute atomic E-state index is 0.243. The fourth-order valence-corrected chi connectivity index (χ4v) is 0.346. The summed E-state index contributed by atoms with van der Waals surface area (Å²) < 4.78 is 4.33. The van der Waals surface area contributed by atoms with Crippen molar-refractivity contribution in [2.24, 2.45) is 0 Å². The van der Waals surface area contributed by atoms with Gasteiger partial charge in [0, 0.05) is 0 Å². The Morgan fingerprint density at radius 1 is 1.67 bits per heavy atom. The molecule has 9 heavy (non-hydrogen) atoms. The number of hydrogen-bond acceptors (Lipinski definition) is 3. The van der Waals surface area contributed by atoms with Gasteiger partial charge in [0.1, 0.15) is 0 Å². The van der Waals surface area contributed by atoms with Crippen molar-refractivity contribution in [3.05, 3.63) is 0 Å². The molecule has 0 unspecified atom stereocenters. The van der Waals surface area contributed by atoms with Crippen molar-refractivity contribution in [2.45, 2.75) is 6.92 Å². The summed E-state index contributed by atoms with van der Waals surface area (Å²) in [5.74, 6) is 0. The zero-order valence-electron chi connectivity index (χ0n) is 4.88. The minimum atomic E-state index is -0.766. The maximum Gasteiger partial charge on any atom is 0.414 e. The van der Waals surface area contributed by atoms with Gasteiger partial charge >= 0.3 is 6.09 Å². The molecule has 0 heterocycles. The van der Waals surface area contributed by atoms with Crippen LogP contribution in [0.1, 0.15) is 6.92 Å². The Bertz CT molecular complexity index is 125. The van der Waals surface area contributed by atoms with Crippen LogP contribution in [0.5, 0.6) is 0 Å². The van der Waals surface area contributed by atoms with Gasteiger partial charge in [-0.2, -0.15) is 0 Å². The first-order valence-electron chi connectivity index (χ1n) is 2.33. The average molecular weight is 149 g/mol. The molecule has 0 radical (unpaired) electrons. The van der Waals surface area contributed by atoms with Crippen LogP contribution in [0.25, 0.3) is 0 Å². The molecule has 0 saturated carbocycles. The van der Waals surface area contributed by atoms with E-state index in [0.29, 0.717) is 0 Å². The lowest BCUT2D eigenvalue weighted by Gasteiger charge is -1.97. The van der Waals surface area contributed by atoms with Gasteiger partial charge in [-0.25, -0.2) is 4.79 Å². The van der Waals surface area contributed by atoms with E-state index in [1.54, 1.807) is 6.92 Å². The van der Waals surface area contributed by atoms with Gasteiger partial charge in [-0.3, -0.25) is 10.1 Å². The zero-order valence-corrected chi connectivity index (χ0v) is 5.77. The summed E-state index contributed by atoms with van der Waals surface area (Å²) in [4.78, 5) is 20.2. The third-order valence-corrected chi connectivity index (χ3v) is 0.596. The second-order valence-electron chi connectivity index (χ2n) is 1.15. The Labute approximate surface area is 58.0 Å². The molecule has 5 heteroatoms. The molecule has 0 spiro atoms. The molecular weight excluding hydrogens is 142 g/mol. The average Bonchev–Trinajstić information content (AvgIpc) is 1.63. The van der Waals surface area contributed by atoms with Crippen molar-refractivity contribution in [1.82, 2.24) is 5.32 Å². The molecule has 0 aromatic rings. The SMILES string of the molecule is CCOC(=O)NC(=O)S. The van der Waals surface area contributed by atoms with Crippen LogP contribution >= 0.6 is 12.6 Å². The number of carbonyl (C=O) groups is 2. The molecule has 0 saturated heterocycles. The van der Waals surface area contributed by atoms with E-state index in [4.69, 9.17) is 0 Å². The predicted octanol–water partition coefficient (Wildman–Crippen LogP) is 0.782. The van der Waals surface area contributed by atoms with E-state index in [9.17, 15) is 9.59 Å². The summed E-state index contributed by atoms with van der Waals surface area (Å²) in [6.07, 6.45) is -0.766. The summed E-state index contributed by atoms with van der Waals surface area (Å²) in [7, 11) is 0. The van der Waals surface area contributed by atoms with Gasteiger partial charge < -0.3 is 4.74 Å². The lowest BCUT2D eigenvalue weighted by Crippen LogP contribution is -2.26. The third kappa shape index (κ3) is 5.16. The van der Waals surface area contributed by atoms with Crippen LogP contribution in [0.15, 0.2) is 0 Å². The van der Waals surface area contributed by atoms with Gasteiger partial charge in [0.25, 0.3) is 5.24 Å². The van der Waals surface area contributed by atoms with Crippen molar-refractivity contribution in [2.75, 3.05) is 6.61 Å². The van der Waals surface area contributed by atoms with Crippen LogP contribution in [0, 0.1) is 0 Å². The lowest BCUT2D eigenvalue weighted by atomic mass is 10.9. The van der Waals surface area contributed by atoms with Crippen molar-refractivity contribution < 1.29 is 14.3 Å². The standard InChI is InChI=1S/C4H7NO3S/c1-2-8-3(6)5-4(7)9/h2H2,1H3,(H2,5,6,7,9). The molecule has 0 aliphatic carbocycles. The van der Waals surface area contributed by atoms with E-state index in [-0.39, 0.29) is 6.61 Å². The van der Waals surface area contributed by atoms with Gasteiger partial charge in [-0.1, -0.05) is 12.6 Å². The fraction of sp³-hybridized carbons (Fsp3) is 0.500. The number of carbonyl (C=O) groups excluding carboxylic acids is 2. The van der Waals surface area contributed by atoms with Crippen molar-refractivity contribution in [1.29, 1.82) is 0 Å². The van der Waals surface area contributed by atoms with Crippen LogP contribution in [0.2, 0.25) is 0 Å². The highest BCUT2D eigenvalue weighted by Gasteiger charge is 2.00. The van der Waals surface area contributed by atoms with E-state index in [0.717, 1.165) is 0 Å². The molecule has 0 aromatic carbocycles. The number of hydrogen-bond donors (Lipinski definition) is 2. The zero-order chi connectivity index (χ0) is 7.28. The maximum atomic E-state index is 10.3. The lowest BCUT2D eigenvalue weighted by molar-refractivity contribution is 0.155. The van der Waals surface area contributed by atoms with E-state index in [2.05, 4.69) is 17.4 Å². The summed E-state index contributed by atoms with van der Waals surface area (Å²) in [5, 5.41) is 1.09. The van der Waals surface area contributed by atoms with Gasteiger partial charge in [-0.15, -0.1) is 0 Å². The number of ether oxygens (including phenoxy) is 1. The van der Waals surface area contributed by atoms with Gasteiger partial charge in [0.2, 0.25) is 0 Å². The summed E-state index contributed by atoms with van der Waals surface area (Å²) in [5.41, 5.74) is 0. The molecule has 0 atom stereocenters. The molecular formula is C4H7NO3S. The highest BCUT2D eigenvalue weighted by molar-refractivity contribution is 7.96. The second-order valence-corrected chi connectivity index (χ2v) is 1.56. The molecule has 52 valence electrons. The number of imide groups is 1. The van der Waals surface area contributed by atoms with E-state index in [1.807, 2.05) is 5.32 Å². The molecule has 1 N–H and O–H groups in total. The Balaban J connectivity index is 3.39. The molecule has 0 rings (SSSR count). The van der Waals surface area contributed by atoms with Crippen LogP contribution in [0.4, 0.5) is 9.59 Å². The monoisotopic (exact) mass is 149 g/mol. The Hall–Kier alpha value is -0.710. The second kappa shape index (κ2) is 4.20. The first kappa shape index (κ1) is 8.29. The minimum Gasteiger partial charge on any atom is -0.450 e. The quantitative estimate of drug-likeness (QED) is 0.542.